The molecule has 6 atom stereocenters. The lowest BCUT2D eigenvalue weighted by molar-refractivity contribution is -0.384. The van der Waals surface area contributed by atoms with E-state index >= 15 is 0 Å². The van der Waals surface area contributed by atoms with Crippen LogP contribution < -0.4 is 4.90 Å². The summed E-state index contributed by atoms with van der Waals surface area (Å²) in [7, 11) is 1.69. The van der Waals surface area contributed by atoms with E-state index < -0.39 is 11.2 Å². The van der Waals surface area contributed by atoms with Crippen molar-refractivity contribution in [2.24, 2.45) is 17.3 Å². The lowest BCUT2D eigenvalue weighted by Crippen LogP contribution is -2.69. The molecule has 2 saturated carbocycles. The van der Waals surface area contributed by atoms with E-state index in [0.717, 1.165) is 51.1 Å². The lowest BCUT2D eigenvalue weighted by atomic mass is 9.49. The molecule has 2 saturated heterocycles. The van der Waals surface area contributed by atoms with Crippen LogP contribution in [0.2, 0.25) is 0 Å². The van der Waals surface area contributed by atoms with E-state index in [4.69, 9.17) is 9.47 Å². The Bertz CT molecular complexity index is 980. The number of hydrogen-bond acceptors (Lipinski definition) is 8. The normalized spacial score (nSPS) is 39.6. The molecule has 1 N–H and O–H groups in total. The summed E-state index contributed by atoms with van der Waals surface area (Å²) in [5.41, 5.74) is -0.884. The minimum atomic E-state index is -0.991. The van der Waals surface area contributed by atoms with Crippen LogP contribution >= 0.6 is 0 Å². The predicted octanol–water partition coefficient (Wildman–Crippen LogP) is 2.99. The SMILES string of the molecule is CO[C@]1(C)CCC[C@]2(C)C[C@H]3OC(=O)[C@@H](CN4CCN(c5ccc([N+](=O)[O-])cc5)CC4)[C@H]3C[C@]21O. The van der Waals surface area contributed by atoms with Gasteiger partial charge in [-0.25, -0.2) is 0 Å². The van der Waals surface area contributed by atoms with Gasteiger partial charge in [-0.15, -0.1) is 0 Å². The van der Waals surface area contributed by atoms with E-state index in [1.807, 2.05) is 6.92 Å². The topological polar surface area (TPSA) is 105 Å². The van der Waals surface area contributed by atoms with Crippen LogP contribution in [0.15, 0.2) is 24.3 Å². The van der Waals surface area contributed by atoms with Crippen LogP contribution in [0.5, 0.6) is 0 Å². The van der Waals surface area contributed by atoms with E-state index in [1.165, 1.54) is 12.1 Å². The Hall–Kier alpha value is -2.23. The third kappa shape index (κ3) is 3.92. The monoisotopic (exact) mass is 487 g/mol. The largest absolute Gasteiger partial charge is 0.462 e. The van der Waals surface area contributed by atoms with Gasteiger partial charge in [0.2, 0.25) is 0 Å². The Morgan fingerprint density at radius 1 is 1.14 bits per heavy atom. The number of non-ortho nitro benzene ring substituents is 1. The summed E-state index contributed by atoms with van der Waals surface area (Å²) < 4.78 is 11.8. The number of carbonyl (C=O) groups excluding carboxylic acids is 1. The summed E-state index contributed by atoms with van der Waals surface area (Å²) in [5.74, 6) is -0.397. The maximum atomic E-state index is 13.0. The average Bonchev–Trinajstić information content (AvgIpc) is 3.12. The molecular weight excluding hydrogens is 450 g/mol. The molecule has 0 amide bonds. The highest BCUT2D eigenvalue weighted by molar-refractivity contribution is 5.75. The summed E-state index contributed by atoms with van der Waals surface area (Å²) >= 11 is 0. The minimum absolute atomic E-state index is 0.0131. The molecule has 0 spiro atoms. The van der Waals surface area contributed by atoms with Gasteiger partial charge in [0.15, 0.2) is 0 Å². The number of nitrogens with zero attached hydrogens (tertiary/aromatic N) is 3. The average molecular weight is 488 g/mol. The fourth-order valence-electron chi connectivity index (χ4n) is 7.34. The number of hydrogen-bond donors (Lipinski definition) is 1. The van der Waals surface area contributed by atoms with Crippen LogP contribution in [-0.2, 0) is 14.3 Å². The fraction of sp³-hybridized carbons (Fsp3) is 0.731. The summed E-state index contributed by atoms with van der Waals surface area (Å²) in [4.78, 5) is 28.1. The Labute approximate surface area is 206 Å². The summed E-state index contributed by atoms with van der Waals surface area (Å²) in [5, 5.41) is 23.0. The number of rotatable bonds is 5. The number of nitro groups is 1. The summed E-state index contributed by atoms with van der Waals surface area (Å²) in [6.45, 7) is 7.97. The second kappa shape index (κ2) is 8.71. The molecule has 4 aliphatic rings. The Balaban J connectivity index is 1.25. The summed E-state index contributed by atoms with van der Waals surface area (Å²) in [6.07, 6.45) is 3.80. The van der Waals surface area contributed by atoms with Crippen LogP contribution in [0, 0.1) is 27.4 Å². The van der Waals surface area contributed by atoms with Crippen LogP contribution in [0.4, 0.5) is 11.4 Å². The first kappa shape index (κ1) is 24.5. The molecule has 0 radical (unpaired) electrons. The molecule has 0 unspecified atom stereocenters. The van der Waals surface area contributed by atoms with Gasteiger partial charge in [-0.3, -0.25) is 19.8 Å². The highest BCUT2D eigenvalue weighted by Crippen LogP contribution is 2.61. The standard InChI is InChI=1S/C26H37N3O6/c1-24-9-4-10-25(2,34-3)26(24,31)15-20-21(23(30)35-22(20)16-24)17-27-11-13-28(14-12-27)18-5-7-19(8-6-18)29(32)33/h5-8,20-22,31H,4,9-17H2,1-3H3/t20-,21+,22-,24-,25-,26+/m1/s1. The molecule has 1 aromatic rings. The van der Waals surface area contributed by atoms with E-state index in [1.54, 1.807) is 19.2 Å². The zero-order chi connectivity index (χ0) is 25.0. The van der Waals surface area contributed by atoms with Gasteiger partial charge in [0, 0.05) is 69.0 Å². The highest BCUT2D eigenvalue weighted by Gasteiger charge is 2.67. The van der Waals surface area contributed by atoms with Gasteiger partial charge in [0.1, 0.15) is 6.10 Å². The van der Waals surface area contributed by atoms with E-state index in [2.05, 4.69) is 16.7 Å². The third-order valence-corrected chi connectivity index (χ3v) is 9.71. The third-order valence-electron chi connectivity index (χ3n) is 9.71. The molecule has 5 rings (SSSR count). The number of benzene rings is 1. The molecular formula is C26H37N3O6. The predicted molar refractivity (Wildman–Crippen MR) is 130 cm³/mol. The van der Waals surface area contributed by atoms with Crippen molar-refractivity contribution in [3.8, 4) is 0 Å². The Morgan fingerprint density at radius 3 is 2.46 bits per heavy atom. The van der Waals surface area contributed by atoms with Gasteiger partial charge >= 0.3 is 5.97 Å². The number of anilines is 1. The van der Waals surface area contributed by atoms with Gasteiger partial charge < -0.3 is 19.5 Å². The number of esters is 1. The number of fused-ring (bicyclic) bond motifs is 2. The van der Waals surface area contributed by atoms with Gasteiger partial charge in [-0.05, 0) is 51.2 Å². The Morgan fingerprint density at radius 2 is 1.83 bits per heavy atom. The lowest BCUT2D eigenvalue weighted by Gasteiger charge is -2.62. The quantitative estimate of drug-likeness (QED) is 0.384. The molecule has 0 bridgehead atoms. The van der Waals surface area contributed by atoms with Crippen molar-refractivity contribution < 1.29 is 24.3 Å². The van der Waals surface area contributed by atoms with E-state index in [0.29, 0.717) is 19.4 Å². The zero-order valence-corrected chi connectivity index (χ0v) is 20.9. The second-order valence-electron chi connectivity index (χ2n) is 11.4. The molecule has 2 aliphatic carbocycles. The molecule has 9 nitrogen and oxygen atoms in total. The van der Waals surface area contributed by atoms with Crippen LogP contribution in [0.25, 0.3) is 0 Å². The molecule has 9 heteroatoms. The van der Waals surface area contributed by atoms with Crippen LogP contribution in [0.1, 0.15) is 46.0 Å². The van der Waals surface area contributed by atoms with Crippen LogP contribution in [0.3, 0.4) is 0 Å². The second-order valence-corrected chi connectivity index (χ2v) is 11.4. The van der Waals surface area contributed by atoms with Gasteiger partial charge in [-0.1, -0.05) is 6.92 Å². The van der Waals surface area contributed by atoms with Crippen molar-refractivity contribution in [2.75, 3.05) is 44.7 Å². The number of aliphatic hydroxyl groups is 1. The first-order valence-corrected chi connectivity index (χ1v) is 12.8. The number of nitro benzene ring substituents is 1. The number of methoxy groups -OCH3 is 1. The van der Waals surface area contributed by atoms with Gasteiger partial charge in [0.05, 0.1) is 22.0 Å². The van der Waals surface area contributed by atoms with E-state index in [-0.39, 0.29) is 39.9 Å². The zero-order valence-electron chi connectivity index (χ0n) is 20.9. The molecule has 2 heterocycles. The molecule has 0 aromatic heterocycles. The van der Waals surface area contributed by atoms with Crippen molar-refractivity contribution in [3.63, 3.8) is 0 Å². The maximum absolute atomic E-state index is 13.0. The summed E-state index contributed by atoms with van der Waals surface area (Å²) in [6, 6.07) is 6.67. The first-order valence-electron chi connectivity index (χ1n) is 12.8. The Kier molecular flexibility index (Phi) is 6.09. The number of piperazine rings is 1. The van der Waals surface area contributed by atoms with Crippen molar-refractivity contribution in [1.29, 1.82) is 0 Å². The van der Waals surface area contributed by atoms with Gasteiger partial charge in [-0.2, -0.15) is 0 Å². The van der Waals surface area contributed by atoms with Crippen molar-refractivity contribution in [2.45, 2.75) is 63.3 Å². The maximum Gasteiger partial charge on any atom is 0.310 e. The molecule has 2 aliphatic heterocycles. The number of ether oxygens (including phenoxy) is 2. The van der Waals surface area contributed by atoms with Gasteiger partial charge in [0.25, 0.3) is 5.69 Å². The molecule has 1 aromatic carbocycles. The van der Waals surface area contributed by atoms with E-state index in [9.17, 15) is 20.0 Å². The van der Waals surface area contributed by atoms with Crippen LogP contribution in [-0.4, -0.2) is 78.0 Å². The first-order chi connectivity index (χ1) is 16.6. The number of carbonyl (C=O) groups is 1. The smallest absolute Gasteiger partial charge is 0.310 e. The molecule has 4 fully saturated rings. The van der Waals surface area contributed by atoms with Crippen molar-refractivity contribution in [1.82, 2.24) is 4.90 Å². The fourth-order valence-corrected chi connectivity index (χ4v) is 7.34. The van der Waals surface area contributed by atoms with Crippen molar-refractivity contribution >= 4 is 17.3 Å². The molecule has 192 valence electrons. The molecule has 35 heavy (non-hydrogen) atoms. The van der Waals surface area contributed by atoms with Crippen molar-refractivity contribution in [3.05, 3.63) is 34.4 Å². The highest BCUT2D eigenvalue weighted by atomic mass is 16.6. The minimum Gasteiger partial charge on any atom is -0.462 e.